The van der Waals surface area contributed by atoms with Crippen molar-refractivity contribution in [1.82, 2.24) is 4.98 Å². The second-order valence-corrected chi connectivity index (χ2v) is 7.15. The van der Waals surface area contributed by atoms with E-state index in [1.165, 1.54) is 0 Å². The summed E-state index contributed by atoms with van der Waals surface area (Å²) in [5.74, 6) is 0.605. The Morgan fingerprint density at radius 2 is 1.61 bits per heavy atom. The summed E-state index contributed by atoms with van der Waals surface area (Å²) in [6.45, 7) is 0.381. The van der Waals surface area contributed by atoms with Gasteiger partial charge in [0.1, 0.15) is 12.4 Å². The lowest BCUT2D eigenvalue weighted by Crippen LogP contribution is -2.00. The van der Waals surface area contributed by atoms with Crippen molar-refractivity contribution in [3.05, 3.63) is 107 Å². The first-order valence-corrected chi connectivity index (χ1v) is 9.63. The minimum Gasteiger partial charge on any atom is -0.487 e. The number of pyridine rings is 1. The lowest BCUT2D eigenvalue weighted by Gasteiger charge is -2.16. The quantitative estimate of drug-likeness (QED) is 0.347. The lowest BCUT2D eigenvalue weighted by molar-refractivity contribution is 0.307. The van der Waals surface area contributed by atoms with Crippen molar-refractivity contribution in [1.29, 1.82) is 0 Å². The van der Waals surface area contributed by atoms with E-state index in [2.05, 4.69) is 35.3 Å². The third-order valence-electron chi connectivity index (χ3n) is 4.46. The largest absolute Gasteiger partial charge is 0.487 e. The number of benzene rings is 3. The maximum absolute atomic E-state index is 6.26. The zero-order valence-electron chi connectivity index (χ0n) is 15.0. The van der Waals surface area contributed by atoms with E-state index in [-0.39, 0.29) is 0 Å². The van der Waals surface area contributed by atoms with Crippen LogP contribution in [0.2, 0.25) is 10.0 Å². The molecule has 0 fully saturated rings. The van der Waals surface area contributed by atoms with Crippen LogP contribution in [0.4, 0.5) is 0 Å². The molecule has 138 valence electrons. The van der Waals surface area contributed by atoms with Gasteiger partial charge in [0, 0.05) is 23.0 Å². The second kappa shape index (κ2) is 8.47. The number of rotatable bonds is 5. The number of aromatic nitrogens is 1. The van der Waals surface area contributed by atoms with Gasteiger partial charge in [0.05, 0.1) is 5.02 Å². The first kappa shape index (κ1) is 18.5. The highest BCUT2D eigenvalue weighted by molar-refractivity contribution is 6.35. The van der Waals surface area contributed by atoms with Gasteiger partial charge in [-0.3, -0.25) is 4.98 Å². The first-order chi connectivity index (χ1) is 13.7. The Morgan fingerprint density at radius 3 is 2.36 bits per heavy atom. The first-order valence-electron chi connectivity index (χ1n) is 8.88. The van der Waals surface area contributed by atoms with Crippen molar-refractivity contribution < 1.29 is 4.74 Å². The molecule has 2 nitrogen and oxygen atoms in total. The molecule has 0 aliphatic rings. The van der Waals surface area contributed by atoms with Gasteiger partial charge in [-0.2, -0.15) is 0 Å². The third kappa shape index (κ3) is 4.04. The minimum absolute atomic E-state index is 0.381. The number of ether oxygens (including phenoxy) is 1. The molecule has 3 aromatic carbocycles. The normalized spacial score (nSPS) is 10.6. The number of nitrogens with zero attached hydrogens (tertiary/aromatic N) is 1. The Hall–Kier alpha value is -2.81. The van der Waals surface area contributed by atoms with Gasteiger partial charge in [-0.1, -0.05) is 77.8 Å². The molecule has 0 aliphatic carbocycles. The summed E-state index contributed by atoms with van der Waals surface area (Å²) >= 11 is 12.2. The van der Waals surface area contributed by atoms with E-state index in [1.54, 1.807) is 24.4 Å². The van der Waals surface area contributed by atoms with E-state index in [4.69, 9.17) is 27.9 Å². The summed E-state index contributed by atoms with van der Waals surface area (Å²) in [5, 5.41) is 1.08. The summed E-state index contributed by atoms with van der Waals surface area (Å²) in [6.07, 6.45) is 3.65. The fourth-order valence-electron chi connectivity index (χ4n) is 3.18. The minimum atomic E-state index is 0.381. The molecule has 0 radical (unpaired) electrons. The highest BCUT2D eigenvalue weighted by Crippen LogP contribution is 2.36. The summed E-state index contributed by atoms with van der Waals surface area (Å²) in [6, 6.07) is 25.8. The Balaban J connectivity index is 1.76. The molecule has 4 aromatic rings. The zero-order chi connectivity index (χ0) is 19.3. The maximum Gasteiger partial charge on any atom is 0.138 e. The third-order valence-corrected chi connectivity index (χ3v) is 4.99. The standard InChI is InChI=1S/C24H17Cl2NO/c25-20-11-12-23(22(26)14-20)28-16-19-8-4-10-21(17-6-2-1-3-7-17)24(19)18-9-5-13-27-15-18/h1-15H,16H2. The summed E-state index contributed by atoms with van der Waals surface area (Å²) in [7, 11) is 0. The molecule has 1 aromatic heterocycles. The van der Waals surface area contributed by atoms with Crippen LogP contribution in [0.25, 0.3) is 22.3 Å². The predicted octanol–water partition coefficient (Wildman–Crippen LogP) is 7.30. The highest BCUT2D eigenvalue weighted by Gasteiger charge is 2.14. The molecule has 0 spiro atoms. The van der Waals surface area contributed by atoms with Crippen LogP contribution in [0, 0.1) is 0 Å². The van der Waals surface area contributed by atoms with Crippen LogP contribution in [0.15, 0.2) is 91.3 Å². The SMILES string of the molecule is Clc1ccc(OCc2cccc(-c3ccccc3)c2-c2cccnc2)c(Cl)c1. The van der Waals surface area contributed by atoms with Crippen LogP contribution in [0.1, 0.15) is 5.56 Å². The van der Waals surface area contributed by atoms with E-state index in [9.17, 15) is 0 Å². The molecule has 4 rings (SSSR count). The topological polar surface area (TPSA) is 22.1 Å². The Morgan fingerprint density at radius 1 is 0.786 bits per heavy atom. The molecule has 1 heterocycles. The van der Waals surface area contributed by atoms with Gasteiger partial charge in [0.25, 0.3) is 0 Å². The predicted molar refractivity (Wildman–Crippen MR) is 116 cm³/mol. The Labute approximate surface area is 174 Å². The van der Waals surface area contributed by atoms with Gasteiger partial charge in [-0.25, -0.2) is 0 Å². The number of halogens is 2. The monoisotopic (exact) mass is 405 g/mol. The molecule has 0 amide bonds. The molecule has 0 aliphatic heterocycles. The van der Waals surface area contributed by atoms with Gasteiger partial charge < -0.3 is 4.74 Å². The van der Waals surface area contributed by atoms with Crippen LogP contribution >= 0.6 is 23.2 Å². The summed E-state index contributed by atoms with van der Waals surface area (Å²) in [5.41, 5.74) is 5.49. The lowest BCUT2D eigenvalue weighted by atomic mass is 9.91. The molecule has 28 heavy (non-hydrogen) atoms. The zero-order valence-corrected chi connectivity index (χ0v) is 16.5. The Bertz CT molecular complexity index is 1080. The fourth-order valence-corrected chi connectivity index (χ4v) is 3.64. The second-order valence-electron chi connectivity index (χ2n) is 6.31. The summed E-state index contributed by atoms with van der Waals surface area (Å²) < 4.78 is 6.02. The van der Waals surface area contributed by atoms with E-state index in [0.29, 0.717) is 22.4 Å². The molecule has 4 heteroatoms. The smallest absolute Gasteiger partial charge is 0.138 e. The van der Waals surface area contributed by atoms with Gasteiger partial charge >= 0.3 is 0 Å². The average molecular weight is 406 g/mol. The molecule has 0 saturated carbocycles. The van der Waals surface area contributed by atoms with Crippen LogP contribution in [0.5, 0.6) is 5.75 Å². The number of hydrogen-bond donors (Lipinski definition) is 0. The van der Waals surface area contributed by atoms with E-state index >= 15 is 0 Å². The van der Waals surface area contributed by atoms with Crippen molar-refractivity contribution in [2.24, 2.45) is 0 Å². The van der Waals surface area contributed by atoms with Crippen LogP contribution in [-0.2, 0) is 6.61 Å². The molecular weight excluding hydrogens is 389 g/mol. The molecular formula is C24H17Cl2NO. The average Bonchev–Trinajstić information content (AvgIpc) is 2.74. The van der Waals surface area contributed by atoms with Gasteiger partial charge in [0.2, 0.25) is 0 Å². The van der Waals surface area contributed by atoms with Crippen LogP contribution in [-0.4, -0.2) is 4.98 Å². The number of hydrogen-bond acceptors (Lipinski definition) is 2. The van der Waals surface area contributed by atoms with Gasteiger partial charge in [-0.05, 0) is 46.5 Å². The molecule has 0 bridgehead atoms. The van der Waals surface area contributed by atoms with E-state index in [1.807, 2.05) is 36.5 Å². The highest BCUT2D eigenvalue weighted by atomic mass is 35.5. The van der Waals surface area contributed by atoms with Crippen molar-refractivity contribution in [3.63, 3.8) is 0 Å². The maximum atomic E-state index is 6.26. The molecule has 0 saturated heterocycles. The van der Waals surface area contributed by atoms with Crippen LogP contribution < -0.4 is 4.74 Å². The van der Waals surface area contributed by atoms with Crippen molar-refractivity contribution >= 4 is 23.2 Å². The fraction of sp³-hybridized carbons (Fsp3) is 0.0417. The van der Waals surface area contributed by atoms with Gasteiger partial charge in [-0.15, -0.1) is 0 Å². The molecule has 0 unspecified atom stereocenters. The van der Waals surface area contributed by atoms with E-state index in [0.717, 1.165) is 27.8 Å². The Kier molecular flexibility index (Phi) is 5.61. The van der Waals surface area contributed by atoms with Crippen molar-refractivity contribution in [3.8, 4) is 28.0 Å². The van der Waals surface area contributed by atoms with Crippen molar-refractivity contribution in [2.45, 2.75) is 6.61 Å². The van der Waals surface area contributed by atoms with Crippen LogP contribution in [0.3, 0.4) is 0 Å². The van der Waals surface area contributed by atoms with Crippen molar-refractivity contribution in [2.75, 3.05) is 0 Å². The molecule has 0 N–H and O–H groups in total. The molecule has 0 atom stereocenters. The van der Waals surface area contributed by atoms with E-state index < -0.39 is 0 Å². The van der Waals surface area contributed by atoms with Gasteiger partial charge in [0.15, 0.2) is 0 Å². The summed E-state index contributed by atoms with van der Waals surface area (Å²) in [4.78, 5) is 4.30.